The molecule has 6 heteroatoms. The van der Waals surface area contributed by atoms with Crippen LogP contribution in [0.5, 0.6) is 5.75 Å². The number of halogens is 1. The normalized spacial score (nSPS) is 16.7. The van der Waals surface area contributed by atoms with Gasteiger partial charge in [-0.2, -0.15) is 0 Å². The number of carboxylic acid groups (broad SMARTS) is 1. The molecular formula is C15H17ClN2O3. The zero-order valence-corrected chi connectivity index (χ0v) is 12.5. The molecule has 1 aromatic carbocycles. The number of ether oxygens (including phenoxy) is 1. The number of fused-ring (bicyclic) bond motifs is 1. The van der Waals surface area contributed by atoms with Gasteiger partial charge in [0.25, 0.3) is 0 Å². The van der Waals surface area contributed by atoms with Crippen LogP contribution in [0.4, 0.5) is 0 Å². The highest BCUT2D eigenvalue weighted by atomic mass is 35.5. The Labute approximate surface area is 129 Å². The van der Waals surface area contributed by atoms with E-state index < -0.39 is 5.97 Å². The van der Waals surface area contributed by atoms with Gasteiger partial charge in [-0.25, -0.2) is 4.98 Å². The average molecular weight is 309 g/mol. The molecule has 0 bridgehead atoms. The maximum Gasteiger partial charge on any atom is 0.306 e. The molecule has 1 aliphatic rings. The van der Waals surface area contributed by atoms with Crippen molar-refractivity contribution in [2.75, 3.05) is 7.11 Å². The van der Waals surface area contributed by atoms with Crippen LogP contribution in [0.25, 0.3) is 11.4 Å². The number of nitrogens with zero attached hydrogens (tertiary/aromatic N) is 2. The van der Waals surface area contributed by atoms with Gasteiger partial charge in [0.1, 0.15) is 11.6 Å². The standard InChI is InChI=1S/C15H16N2O3.ClH/c1-20-13-4-2-10(3-5-13)14-16-9-12-8-11(15(18)19)6-7-17(12)14;/h2-5,9,11H,6-8H2,1H3,(H,18,19);1H. The summed E-state index contributed by atoms with van der Waals surface area (Å²) in [7, 11) is 1.64. The number of hydrogen-bond donors (Lipinski definition) is 1. The molecule has 0 amide bonds. The van der Waals surface area contributed by atoms with Gasteiger partial charge < -0.3 is 14.4 Å². The second kappa shape index (κ2) is 6.18. The van der Waals surface area contributed by atoms with Gasteiger partial charge in [0.05, 0.1) is 13.0 Å². The summed E-state index contributed by atoms with van der Waals surface area (Å²) >= 11 is 0. The molecule has 0 aliphatic carbocycles. The first-order valence-corrected chi connectivity index (χ1v) is 6.60. The summed E-state index contributed by atoms with van der Waals surface area (Å²) in [4.78, 5) is 15.5. The van der Waals surface area contributed by atoms with E-state index in [1.165, 1.54) is 0 Å². The molecule has 0 spiro atoms. The highest BCUT2D eigenvalue weighted by Crippen LogP contribution is 2.28. The zero-order chi connectivity index (χ0) is 14.1. The maximum absolute atomic E-state index is 11.1. The monoisotopic (exact) mass is 308 g/mol. The SMILES string of the molecule is COc1ccc(-c2ncc3n2CCC(C(=O)O)C3)cc1.Cl. The number of benzene rings is 1. The van der Waals surface area contributed by atoms with Crippen LogP contribution < -0.4 is 4.74 Å². The molecule has 3 rings (SSSR count). The fraction of sp³-hybridized carbons (Fsp3) is 0.333. The number of carbonyl (C=O) groups is 1. The largest absolute Gasteiger partial charge is 0.497 e. The summed E-state index contributed by atoms with van der Waals surface area (Å²) in [5, 5.41) is 9.10. The van der Waals surface area contributed by atoms with Crippen molar-refractivity contribution >= 4 is 18.4 Å². The molecule has 0 radical (unpaired) electrons. The first-order valence-electron chi connectivity index (χ1n) is 6.60. The lowest BCUT2D eigenvalue weighted by atomic mass is 9.96. The minimum Gasteiger partial charge on any atom is -0.497 e. The van der Waals surface area contributed by atoms with Crippen molar-refractivity contribution in [3.05, 3.63) is 36.2 Å². The fourth-order valence-corrected chi connectivity index (χ4v) is 2.64. The number of hydrogen-bond acceptors (Lipinski definition) is 3. The van der Waals surface area contributed by atoms with Gasteiger partial charge >= 0.3 is 5.97 Å². The highest BCUT2D eigenvalue weighted by molar-refractivity contribution is 5.85. The third-order valence-electron chi connectivity index (χ3n) is 3.79. The summed E-state index contributed by atoms with van der Waals surface area (Å²) in [6.45, 7) is 0.702. The Hall–Kier alpha value is -2.01. The van der Waals surface area contributed by atoms with Crippen LogP contribution in [0.1, 0.15) is 12.1 Å². The van der Waals surface area contributed by atoms with Crippen LogP contribution >= 0.6 is 12.4 Å². The topological polar surface area (TPSA) is 64.4 Å². The Kier molecular flexibility index (Phi) is 4.53. The summed E-state index contributed by atoms with van der Waals surface area (Å²) in [5.41, 5.74) is 2.01. The lowest BCUT2D eigenvalue weighted by Crippen LogP contribution is -2.25. The van der Waals surface area contributed by atoms with Crippen molar-refractivity contribution in [3.8, 4) is 17.1 Å². The number of methoxy groups -OCH3 is 1. The summed E-state index contributed by atoms with van der Waals surface area (Å²) in [6, 6.07) is 7.75. The molecule has 0 saturated carbocycles. The van der Waals surface area contributed by atoms with E-state index in [-0.39, 0.29) is 18.3 Å². The molecular weight excluding hydrogens is 292 g/mol. The fourth-order valence-electron chi connectivity index (χ4n) is 2.64. The van der Waals surface area contributed by atoms with E-state index in [2.05, 4.69) is 9.55 Å². The molecule has 21 heavy (non-hydrogen) atoms. The van der Waals surface area contributed by atoms with E-state index in [1.807, 2.05) is 24.3 Å². The predicted octanol–water partition coefficient (Wildman–Crippen LogP) is 2.63. The zero-order valence-electron chi connectivity index (χ0n) is 11.7. The molecule has 1 unspecified atom stereocenters. The Morgan fingerprint density at radius 2 is 2.10 bits per heavy atom. The quantitative estimate of drug-likeness (QED) is 0.946. The van der Waals surface area contributed by atoms with Gasteiger partial charge in [0.15, 0.2) is 0 Å². The molecule has 2 aromatic rings. The number of aromatic nitrogens is 2. The Morgan fingerprint density at radius 3 is 2.71 bits per heavy atom. The molecule has 0 fully saturated rings. The summed E-state index contributed by atoms with van der Waals surface area (Å²) in [5.74, 6) is 0.697. The second-order valence-corrected chi connectivity index (χ2v) is 4.98. The van der Waals surface area contributed by atoms with E-state index in [0.29, 0.717) is 19.4 Å². The minimum atomic E-state index is -0.719. The van der Waals surface area contributed by atoms with Crippen molar-refractivity contribution < 1.29 is 14.6 Å². The molecule has 0 saturated heterocycles. The first-order chi connectivity index (χ1) is 9.69. The second-order valence-electron chi connectivity index (χ2n) is 4.98. The third kappa shape index (κ3) is 2.88. The molecule has 5 nitrogen and oxygen atoms in total. The molecule has 112 valence electrons. The van der Waals surface area contributed by atoms with Crippen LogP contribution in [0.3, 0.4) is 0 Å². The van der Waals surface area contributed by atoms with E-state index in [0.717, 1.165) is 22.8 Å². The van der Waals surface area contributed by atoms with E-state index in [1.54, 1.807) is 13.3 Å². The summed E-state index contributed by atoms with van der Waals surface area (Å²) < 4.78 is 7.26. The average Bonchev–Trinajstić information content (AvgIpc) is 2.90. The van der Waals surface area contributed by atoms with Crippen molar-refractivity contribution in [2.24, 2.45) is 5.92 Å². The van der Waals surface area contributed by atoms with E-state index in [4.69, 9.17) is 9.84 Å². The first kappa shape index (κ1) is 15.4. The van der Waals surface area contributed by atoms with Crippen molar-refractivity contribution in [1.29, 1.82) is 0 Å². The molecule has 2 heterocycles. The highest BCUT2D eigenvalue weighted by Gasteiger charge is 2.26. The van der Waals surface area contributed by atoms with Crippen molar-refractivity contribution in [1.82, 2.24) is 9.55 Å². The van der Waals surface area contributed by atoms with E-state index >= 15 is 0 Å². The predicted molar refractivity (Wildman–Crippen MR) is 80.9 cm³/mol. The van der Waals surface area contributed by atoms with Crippen molar-refractivity contribution in [3.63, 3.8) is 0 Å². The molecule has 1 aromatic heterocycles. The van der Waals surface area contributed by atoms with E-state index in [9.17, 15) is 4.79 Å². The third-order valence-corrected chi connectivity index (χ3v) is 3.79. The Morgan fingerprint density at radius 1 is 1.38 bits per heavy atom. The number of rotatable bonds is 3. The lowest BCUT2D eigenvalue weighted by molar-refractivity contribution is -0.142. The van der Waals surface area contributed by atoms with Crippen LogP contribution in [0, 0.1) is 5.92 Å². The van der Waals surface area contributed by atoms with Crippen LogP contribution in [0.2, 0.25) is 0 Å². The Bertz CT molecular complexity index is 637. The van der Waals surface area contributed by atoms with Crippen LogP contribution in [-0.4, -0.2) is 27.7 Å². The van der Waals surface area contributed by atoms with Crippen molar-refractivity contribution in [2.45, 2.75) is 19.4 Å². The molecule has 1 aliphatic heterocycles. The number of imidazole rings is 1. The molecule has 1 N–H and O–H groups in total. The number of carboxylic acids is 1. The van der Waals surface area contributed by atoms with Gasteiger partial charge in [-0.3, -0.25) is 4.79 Å². The smallest absolute Gasteiger partial charge is 0.306 e. The summed E-state index contributed by atoms with van der Waals surface area (Å²) in [6.07, 6.45) is 3.00. The van der Waals surface area contributed by atoms with Crippen LogP contribution in [0.15, 0.2) is 30.5 Å². The maximum atomic E-state index is 11.1. The van der Waals surface area contributed by atoms with Gasteiger partial charge in [0.2, 0.25) is 0 Å². The van der Waals surface area contributed by atoms with Gasteiger partial charge in [0, 0.05) is 30.4 Å². The van der Waals surface area contributed by atoms with Crippen LogP contribution in [-0.2, 0) is 17.8 Å². The van der Waals surface area contributed by atoms with Gasteiger partial charge in [-0.15, -0.1) is 12.4 Å². The van der Waals surface area contributed by atoms with Gasteiger partial charge in [-0.1, -0.05) is 0 Å². The minimum absolute atomic E-state index is 0. The number of aliphatic carboxylic acids is 1. The Balaban J connectivity index is 0.00000161. The molecule has 1 atom stereocenters. The lowest BCUT2D eigenvalue weighted by Gasteiger charge is -2.22. The van der Waals surface area contributed by atoms with Gasteiger partial charge in [-0.05, 0) is 30.7 Å².